The maximum atomic E-state index is 12.2. The predicted molar refractivity (Wildman–Crippen MR) is 72.6 cm³/mol. The van der Waals surface area contributed by atoms with Gasteiger partial charge in [-0.15, -0.1) is 0 Å². The molecule has 2 rings (SSSR count). The van der Waals surface area contributed by atoms with Crippen LogP contribution in [0.2, 0.25) is 0 Å². The molecule has 20 heavy (non-hydrogen) atoms. The standard InChI is InChI=1S/C15H26F3NO/c1-12-5-8-14(9-6-12,11-19-13-3-4-13)20-10-2-7-15(16,17)18/h12-13,19H,2-11H2,1H3. The van der Waals surface area contributed by atoms with Gasteiger partial charge in [0.15, 0.2) is 0 Å². The first-order valence-corrected chi connectivity index (χ1v) is 7.83. The number of rotatable bonds is 7. The Kier molecular flexibility index (Phi) is 5.35. The fraction of sp³-hybridized carbons (Fsp3) is 1.00. The summed E-state index contributed by atoms with van der Waals surface area (Å²) in [4.78, 5) is 0. The van der Waals surface area contributed by atoms with Crippen molar-refractivity contribution in [3.05, 3.63) is 0 Å². The Balaban J connectivity index is 1.76. The third-order valence-corrected chi connectivity index (χ3v) is 4.49. The summed E-state index contributed by atoms with van der Waals surface area (Å²) in [5.41, 5.74) is -0.222. The van der Waals surface area contributed by atoms with Crippen LogP contribution in [0.15, 0.2) is 0 Å². The smallest absolute Gasteiger partial charge is 0.374 e. The highest BCUT2D eigenvalue weighted by Crippen LogP contribution is 2.35. The van der Waals surface area contributed by atoms with Gasteiger partial charge in [0.25, 0.3) is 0 Å². The second kappa shape index (κ2) is 6.65. The van der Waals surface area contributed by atoms with Crippen LogP contribution in [0.5, 0.6) is 0 Å². The molecule has 2 aliphatic rings. The molecule has 5 heteroatoms. The topological polar surface area (TPSA) is 21.3 Å². The van der Waals surface area contributed by atoms with Gasteiger partial charge in [0.2, 0.25) is 0 Å². The zero-order valence-corrected chi connectivity index (χ0v) is 12.3. The van der Waals surface area contributed by atoms with Gasteiger partial charge in [0.05, 0.1) is 5.60 Å². The predicted octanol–water partition coefficient (Wildman–Crippen LogP) is 4.05. The summed E-state index contributed by atoms with van der Waals surface area (Å²) in [6.07, 6.45) is 1.89. The summed E-state index contributed by atoms with van der Waals surface area (Å²) in [5.74, 6) is 0.711. The van der Waals surface area contributed by atoms with E-state index in [2.05, 4.69) is 12.2 Å². The Morgan fingerprint density at radius 3 is 2.35 bits per heavy atom. The van der Waals surface area contributed by atoms with E-state index in [9.17, 15) is 13.2 Å². The van der Waals surface area contributed by atoms with Crippen LogP contribution in [-0.2, 0) is 4.74 Å². The van der Waals surface area contributed by atoms with Gasteiger partial charge in [0.1, 0.15) is 0 Å². The zero-order valence-electron chi connectivity index (χ0n) is 12.3. The average Bonchev–Trinajstić information content (AvgIpc) is 3.19. The summed E-state index contributed by atoms with van der Waals surface area (Å²) in [5, 5.41) is 3.49. The maximum Gasteiger partial charge on any atom is 0.389 e. The molecule has 0 bridgehead atoms. The molecule has 1 N–H and O–H groups in total. The van der Waals surface area contributed by atoms with Crippen molar-refractivity contribution >= 4 is 0 Å². The normalized spacial score (nSPS) is 31.5. The van der Waals surface area contributed by atoms with E-state index in [-0.39, 0.29) is 18.6 Å². The Labute approximate surface area is 119 Å². The van der Waals surface area contributed by atoms with Gasteiger partial charge in [-0.1, -0.05) is 6.92 Å². The summed E-state index contributed by atoms with van der Waals surface area (Å²) < 4.78 is 42.4. The van der Waals surface area contributed by atoms with Crippen molar-refractivity contribution < 1.29 is 17.9 Å². The molecule has 0 amide bonds. The number of alkyl halides is 3. The van der Waals surface area contributed by atoms with Crippen molar-refractivity contribution in [1.82, 2.24) is 5.32 Å². The van der Waals surface area contributed by atoms with Crippen molar-refractivity contribution in [2.24, 2.45) is 5.92 Å². The Morgan fingerprint density at radius 2 is 1.80 bits per heavy atom. The van der Waals surface area contributed by atoms with Crippen LogP contribution in [0.3, 0.4) is 0 Å². The van der Waals surface area contributed by atoms with Crippen molar-refractivity contribution in [2.45, 2.75) is 76.1 Å². The molecule has 2 nitrogen and oxygen atoms in total. The van der Waals surface area contributed by atoms with Crippen molar-refractivity contribution in [1.29, 1.82) is 0 Å². The van der Waals surface area contributed by atoms with E-state index >= 15 is 0 Å². The Morgan fingerprint density at radius 1 is 1.15 bits per heavy atom. The van der Waals surface area contributed by atoms with Gasteiger partial charge in [0, 0.05) is 25.6 Å². The number of nitrogens with one attached hydrogen (secondary N) is 1. The molecule has 0 aromatic heterocycles. The summed E-state index contributed by atoms with van der Waals surface area (Å²) in [6.45, 7) is 3.26. The van der Waals surface area contributed by atoms with Crippen molar-refractivity contribution in [3.63, 3.8) is 0 Å². The minimum atomic E-state index is -4.07. The minimum Gasteiger partial charge on any atom is -0.374 e. The highest BCUT2D eigenvalue weighted by Gasteiger charge is 2.37. The van der Waals surface area contributed by atoms with Crippen LogP contribution in [0.4, 0.5) is 13.2 Å². The lowest BCUT2D eigenvalue weighted by Gasteiger charge is -2.40. The molecule has 118 valence electrons. The summed E-state index contributed by atoms with van der Waals surface area (Å²) in [6, 6.07) is 0.616. The van der Waals surface area contributed by atoms with E-state index in [1.165, 1.54) is 12.8 Å². The van der Waals surface area contributed by atoms with Crippen LogP contribution in [0, 0.1) is 5.92 Å². The SMILES string of the molecule is CC1CCC(CNC2CC2)(OCCCC(F)(F)F)CC1. The Bertz CT molecular complexity index is 294. The van der Waals surface area contributed by atoms with Crippen LogP contribution in [0.25, 0.3) is 0 Å². The van der Waals surface area contributed by atoms with Crippen LogP contribution < -0.4 is 5.32 Å². The molecule has 0 unspecified atom stereocenters. The third-order valence-electron chi connectivity index (χ3n) is 4.49. The van der Waals surface area contributed by atoms with Crippen LogP contribution >= 0.6 is 0 Å². The van der Waals surface area contributed by atoms with Crippen LogP contribution in [-0.4, -0.2) is 31.0 Å². The molecule has 0 heterocycles. The van der Waals surface area contributed by atoms with Gasteiger partial charge < -0.3 is 10.1 Å². The van der Waals surface area contributed by atoms with Gasteiger partial charge in [-0.25, -0.2) is 0 Å². The van der Waals surface area contributed by atoms with E-state index in [1.54, 1.807) is 0 Å². The number of halogens is 3. The maximum absolute atomic E-state index is 12.2. The van der Waals surface area contributed by atoms with E-state index in [1.807, 2.05) is 0 Å². The lowest BCUT2D eigenvalue weighted by atomic mass is 9.79. The van der Waals surface area contributed by atoms with Crippen molar-refractivity contribution in [2.75, 3.05) is 13.2 Å². The molecule has 0 aliphatic heterocycles. The first kappa shape index (κ1) is 16.1. The number of hydrogen-bond donors (Lipinski definition) is 1. The van der Waals surface area contributed by atoms with Gasteiger partial charge in [-0.05, 0) is 50.9 Å². The first-order chi connectivity index (χ1) is 9.39. The highest BCUT2D eigenvalue weighted by molar-refractivity contribution is 4.92. The van der Waals surface area contributed by atoms with E-state index in [0.29, 0.717) is 12.0 Å². The molecule has 0 spiro atoms. The molecule has 0 radical (unpaired) electrons. The molecule has 2 fully saturated rings. The lowest BCUT2D eigenvalue weighted by molar-refractivity contribution is -0.144. The fourth-order valence-electron chi connectivity index (χ4n) is 2.84. The molecule has 0 saturated heterocycles. The average molecular weight is 293 g/mol. The van der Waals surface area contributed by atoms with E-state index in [4.69, 9.17) is 4.74 Å². The number of hydrogen-bond acceptors (Lipinski definition) is 2. The molecule has 0 atom stereocenters. The molecular formula is C15H26F3NO. The molecule has 0 aromatic rings. The van der Waals surface area contributed by atoms with Crippen LogP contribution in [0.1, 0.15) is 58.3 Å². The largest absolute Gasteiger partial charge is 0.389 e. The third kappa shape index (κ3) is 5.60. The zero-order chi connectivity index (χ0) is 14.6. The summed E-state index contributed by atoms with van der Waals surface area (Å²) in [7, 11) is 0. The van der Waals surface area contributed by atoms with E-state index < -0.39 is 12.6 Å². The van der Waals surface area contributed by atoms with Gasteiger partial charge in [-0.2, -0.15) is 13.2 Å². The van der Waals surface area contributed by atoms with Gasteiger partial charge in [-0.3, -0.25) is 0 Å². The quantitative estimate of drug-likeness (QED) is 0.715. The second-order valence-corrected chi connectivity index (χ2v) is 6.59. The molecule has 2 saturated carbocycles. The lowest BCUT2D eigenvalue weighted by Crippen LogP contribution is -2.46. The number of ether oxygens (including phenoxy) is 1. The minimum absolute atomic E-state index is 0.0736. The monoisotopic (exact) mass is 293 g/mol. The Hall–Kier alpha value is -0.290. The van der Waals surface area contributed by atoms with E-state index in [0.717, 1.165) is 32.2 Å². The fourth-order valence-corrected chi connectivity index (χ4v) is 2.84. The molecule has 2 aliphatic carbocycles. The first-order valence-electron chi connectivity index (χ1n) is 7.83. The highest BCUT2D eigenvalue weighted by atomic mass is 19.4. The molecular weight excluding hydrogens is 267 g/mol. The van der Waals surface area contributed by atoms with Gasteiger partial charge >= 0.3 is 6.18 Å². The second-order valence-electron chi connectivity index (χ2n) is 6.59. The molecule has 0 aromatic carbocycles. The summed E-state index contributed by atoms with van der Waals surface area (Å²) >= 11 is 0. The van der Waals surface area contributed by atoms with Crippen molar-refractivity contribution in [3.8, 4) is 0 Å².